The molecule has 27 heavy (non-hydrogen) atoms. The summed E-state index contributed by atoms with van der Waals surface area (Å²) in [5, 5.41) is 6.45. The van der Waals surface area contributed by atoms with Gasteiger partial charge in [0.1, 0.15) is 12.1 Å². The van der Waals surface area contributed by atoms with E-state index in [1.165, 1.54) is 17.7 Å². The highest BCUT2D eigenvalue weighted by Gasteiger charge is 2.07. The van der Waals surface area contributed by atoms with Gasteiger partial charge in [0, 0.05) is 19.2 Å². The number of nitrogens with zero attached hydrogens (tertiary/aromatic N) is 2. The molecule has 3 aromatic rings. The lowest BCUT2D eigenvalue weighted by atomic mass is 10.1. The van der Waals surface area contributed by atoms with Crippen LogP contribution in [0.2, 0.25) is 0 Å². The summed E-state index contributed by atoms with van der Waals surface area (Å²) >= 11 is 0. The third-order valence-corrected chi connectivity index (χ3v) is 4.13. The number of aryl methyl sites for hydroxylation is 1. The third-order valence-electron chi connectivity index (χ3n) is 4.13. The smallest absolute Gasteiger partial charge is 0.226 e. The summed E-state index contributed by atoms with van der Waals surface area (Å²) in [5.74, 6) is 1.06. The Bertz CT molecular complexity index is 885. The van der Waals surface area contributed by atoms with Crippen molar-refractivity contribution < 1.29 is 8.81 Å². The maximum atomic E-state index is 12.9. The van der Waals surface area contributed by atoms with Crippen molar-refractivity contribution in [1.29, 1.82) is 0 Å². The number of oxazole rings is 1. The molecular formula is C21H23FN4O. The normalized spacial score (nSPS) is 11.4. The van der Waals surface area contributed by atoms with E-state index >= 15 is 0 Å². The van der Waals surface area contributed by atoms with Crippen LogP contribution in [0.15, 0.2) is 64.2 Å². The predicted molar refractivity (Wildman–Crippen MR) is 105 cm³/mol. The van der Waals surface area contributed by atoms with Crippen molar-refractivity contribution in [3.05, 3.63) is 77.4 Å². The molecule has 0 saturated heterocycles. The number of nitrogens with one attached hydrogen (secondary N) is 2. The predicted octanol–water partition coefficient (Wildman–Crippen LogP) is 3.70. The lowest BCUT2D eigenvalue weighted by molar-refractivity contribution is 0.572. The van der Waals surface area contributed by atoms with Crippen LogP contribution in [-0.2, 0) is 13.0 Å². The van der Waals surface area contributed by atoms with E-state index in [2.05, 4.69) is 20.6 Å². The molecule has 0 fully saturated rings. The lowest BCUT2D eigenvalue weighted by Crippen LogP contribution is -2.37. The van der Waals surface area contributed by atoms with Crippen molar-refractivity contribution >= 4 is 5.96 Å². The van der Waals surface area contributed by atoms with Gasteiger partial charge in [-0.2, -0.15) is 0 Å². The van der Waals surface area contributed by atoms with Crippen LogP contribution in [0.5, 0.6) is 0 Å². The Morgan fingerprint density at radius 2 is 1.81 bits per heavy atom. The van der Waals surface area contributed by atoms with Crippen LogP contribution in [0, 0.1) is 12.7 Å². The Morgan fingerprint density at radius 3 is 2.52 bits per heavy atom. The second-order valence-electron chi connectivity index (χ2n) is 6.24. The highest BCUT2D eigenvalue weighted by Crippen LogP contribution is 2.18. The monoisotopic (exact) mass is 366 g/mol. The molecule has 2 aromatic carbocycles. The molecule has 0 spiro atoms. The summed E-state index contributed by atoms with van der Waals surface area (Å²) in [5.41, 5.74) is 4.02. The van der Waals surface area contributed by atoms with Gasteiger partial charge in [0.15, 0.2) is 5.96 Å². The first kappa shape index (κ1) is 18.6. The maximum Gasteiger partial charge on any atom is 0.226 e. The number of aromatic nitrogens is 1. The number of rotatable bonds is 6. The summed E-state index contributed by atoms with van der Waals surface area (Å²) in [6.45, 7) is 3.24. The fourth-order valence-electron chi connectivity index (χ4n) is 2.59. The first-order chi connectivity index (χ1) is 13.1. The van der Waals surface area contributed by atoms with Gasteiger partial charge in [-0.1, -0.05) is 29.8 Å². The minimum atomic E-state index is -0.221. The standard InChI is InChI=1S/C21H23FN4O/c1-15-3-7-17(8-4-15)20-26-19(14-27-20)13-25-21(23-2)24-12-11-16-5-9-18(22)10-6-16/h3-10,14H,11-13H2,1-2H3,(H2,23,24,25). The topological polar surface area (TPSA) is 62.5 Å². The highest BCUT2D eigenvalue weighted by atomic mass is 19.1. The van der Waals surface area contributed by atoms with Crippen molar-refractivity contribution in [2.75, 3.05) is 13.6 Å². The van der Waals surface area contributed by atoms with Crippen LogP contribution in [0.3, 0.4) is 0 Å². The fraction of sp³-hybridized carbons (Fsp3) is 0.238. The minimum absolute atomic E-state index is 0.221. The molecule has 140 valence electrons. The largest absolute Gasteiger partial charge is 0.444 e. The van der Waals surface area contributed by atoms with Crippen LogP contribution in [0.4, 0.5) is 4.39 Å². The summed E-state index contributed by atoms with van der Waals surface area (Å²) in [7, 11) is 1.72. The number of halogens is 1. The minimum Gasteiger partial charge on any atom is -0.444 e. The van der Waals surface area contributed by atoms with E-state index in [0.717, 1.165) is 23.2 Å². The molecule has 5 nitrogen and oxygen atoms in total. The van der Waals surface area contributed by atoms with Crippen molar-refractivity contribution in [2.45, 2.75) is 19.9 Å². The van der Waals surface area contributed by atoms with Crippen molar-refractivity contribution in [3.8, 4) is 11.5 Å². The maximum absolute atomic E-state index is 12.9. The molecule has 0 atom stereocenters. The molecule has 1 heterocycles. The van der Waals surface area contributed by atoms with Gasteiger partial charge in [-0.25, -0.2) is 9.37 Å². The number of guanidine groups is 1. The summed E-state index contributed by atoms with van der Waals surface area (Å²) in [6.07, 6.45) is 2.43. The summed E-state index contributed by atoms with van der Waals surface area (Å²) < 4.78 is 18.5. The molecule has 0 bridgehead atoms. The quantitative estimate of drug-likeness (QED) is 0.516. The van der Waals surface area contributed by atoms with Crippen LogP contribution < -0.4 is 10.6 Å². The van der Waals surface area contributed by atoms with Crippen LogP contribution in [-0.4, -0.2) is 24.5 Å². The Hall–Kier alpha value is -3.15. The van der Waals surface area contributed by atoms with E-state index < -0.39 is 0 Å². The van der Waals surface area contributed by atoms with E-state index in [9.17, 15) is 4.39 Å². The zero-order valence-corrected chi connectivity index (χ0v) is 15.5. The number of hydrogen-bond acceptors (Lipinski definition) is 3. The number of hydrogen-bond donors (Lipinski definition) is 2. The van der Waals surface area contributed by atoms with Gasteiger partial charge in [0.2, 0.25) is 5.89 Å². The van der Waals surface area contributed by atoms with E-state index in [0.29, 0.717) is 24.9 Å². The molecule has 2 N–H and O–H groups in total. The second-order valence-corrected chi connectivity index (χ2v) is 6.24. The number of benzene rings is 2. The number of aliphatic imine (C=N–C) groups is 1. The molecular weight excluding hydrogens is 343 g/mol. The highest BCUT2D eigenvalue weighted by molar-refractivity contribution is 5.79. The molecule has 0 aliphatic rings. The summed E-state index contributed by atoms with van der Waals surface area (Å²) in [6, 6.07) is 14.6. The van der Waals surface area contributed by atoms with E-state index in [1.54, 1.807) is 25.4 Å². The molecule has 1 aromatic heterocycles. The SMILES string of the molecule is CN=C(NCCc1ccc(F)cc1)NCc1coc(-c2ccc(C)cc2)n1. The van der Waals surface area contributed by atoms with Gasteiger partial charge in [0.05, 0.1) is 12.2 Å². The first-order valence-corrected chi connectivity index (χ1v) is 8.84. The Morgan fingerprint density at radius 1 is 1.07 bits per heavy atom. The molecule has 0 aliphatic carbocycles. The van der Waals surface area contributed by atoms with Gasteiger partial charge in [-0.3, -0.25) is 4.99 Å². The average Bonchev–Trinajstić information content (AvgIpc) is 3.15. The molecule has 0 aliphatic heterocycles. The van der Waals surface area contributed by atoms with Gasteiger partial charge < -0.3 is 15.1 Å². The molecule has 0 saturated carbocycles. The lowest BCUT2D eigenvalue weighted by Gasteiger charge is -2.10. The van der Waals surface area contributed by atoms with Crippen LogP contribution >= 0.6 is 0 Å². The molecule has 0 unspecified atom stereocenters. The van der Waals surface area contributed by atoms with Crippen LogP contribution in [0.1, 0.15) is 16.8 Å². The molecule has 6 heteroatoms. The van der Waals surface area contributed by atoms with E-state index in [-0.39, 0.29) is 5.82 Å². The second kappa shape index (κ2) is 8.98. The van der Waals surface area contributed by atoms with Gasteiger partial charge in [-0.05, 0) is 43.2 Å². The van der Waals surface area contributed by atoms with Gasteiger partial charge >= 0.3 is 0 Å². The molecule has 0 radical (unpaired) electrons. The fourth-order valence-corrected chi connectivity index (χ4v) is 2.59. The van der Waals surface area contributed by atoms with Gasteiger partial charge in [-0.15, -0.1) is 0 Å². The van der Waals surface area contributed by atoms with Gasteiger partial charge in [0.25, 0.3) is 0 Å². The Kier molecular flexibility index (Phi) is 6.20. The zero-order chi connectivity index (χ0) is 19.1. The van der Waals surface area contributed by atoms with Crippen molar-refractivity contribution in [3.63, 3.8) is 0 Å². The third kappa shape index (κ3) is 5.41. The Balaban J connectivity index is 1.48. The van der Waals surface area contributed by atoms with E-state index in [1.807, 2.05) is 31.2 Å². The van der Waals surface area contributed by atoms with E-state index in [4.69, 9.17) is 4.42 Å². The van der Waals surface area contributed by atoms with Crippen molar-refractivity contribution in [2.24, 2.45) is 4.99 Å². The van der Waals surface area contributed by atoms with Crippen molar-refractivity contribution in [1.82, 2.24) is 15.6 Å². The van der Waals surface area contributed by atoms with Crippen LogP contribution in [0.25, 0.3) is 11.5 Å². The zero-order valence-electron chi connectivity index (χ0n) is 15.5. The molecule has 0 amide bonds. The Labute approximate surface area is 158 Å². The summed E-state index contributed by atoms with van der Waals surface area (Å²) in [4.78, 5) is 8.70. The average molecular weight is 366 g/mol. The first-order valence-electron chi connectivity index (χ1n) is 8.84. The molecule has 3 rings (SSSR count).